The molecule has 0 unspecified atom stereocenters. The van der Waals surface area contributed by atoms with Crippen LogP contribution in [0.25, 0.3) is 0 Å². The normalized spacial score (nSPS) is 11.5. The minimum atomic E-state index is -0.224. The molecule has 0 aliphatic rings. The second-order valence-electron chi connectivity index (χ2n) is 7.60. The number of guanidine groups is 1. The third kappa shape index (κ3) is 5.73. The van der Waals surface area contributed by atoms with Gasteiger partial charge >= 0.3 is 0 Å². The minimum absolute atomic E-state index is 0.224. The zero-order valence-electron chi connectivity index (χ0n) is 18.6. The lowest BCUT2D eigenvalue weighted by Gasteiger charge is -2.13. The molecule has 7 heteroatoms. The van der Waals surface area contributed by atoms with Crippen molar-refractivity contribution in [1.29, 1.82) is 0 Å². The number of aliphatic imine (C=N–C) groups is 1. The first kappa shape index (κ1) is 22.6. The van der Waals surface area contributed by atoms with Crippen molar-refractivity contribution in [3.63, 3.8) is 0 Å². The van der Waals surface area contributed by atoms with Crippen LogP contribution in [0.2, 0.25) is 5.02 Å². The molecule has 3 aromatic rings. The number of nitrogens with one attached hydrogen (secondary N) is 2. The van der Waals surface area contributed by atoms with Gasteiger partial charge in [-0.1, -0.05) is 34.9 Å². The Morgan fingerprint density at radius 3 is 2.42 bits per heavy atom. The fourth-order valence-corrected chi connectivity index (χ4v) is 3.72. The summed E-state index contributed by atoms with van der Waals surface area (Å²) >= 11 is 6.12. The number of halogens is 1. The summed E-state index contributed by atoms with van der Waals surface area (Å²) in [6.45, 7) is 11.2. The summed E-state index contributed by atoms with van der Waals surface area (Å²) in [5.41, 5.74) is 6.45. The van der Waals surface area contributed by atoms with Gasteiger partial charge in [-0.3, -0.25) is 14.8 Å². The van der Waals surface area contributed by atoms with Crippen LogP contribution in [0.4, 0.5) is 5.69 Å². The second-order valence-corrected chi connectivity index (χ2v) is 8.03. The Labute approximate surface area is 188 Å². The maximum Gasteiger partial charge on any atom is 0.257 e. The van der Waals surface area contributed by atoms with Crippen LogP contribution in [-0.2, 0) is 13.1 Å². The molecule has 162 valence electrons. The number of carbonyl (C=O) groups excluding carboxylic acids is 1. The molecule has 0 saturated carbocycles. The summed E-state index contributed by atoms with van der Waals surface area (Å²) in [7, 11) is 0. The number of nitrogens with zero attached hydrogens (tertiary/aromatic N) is 3. The van der Waals surface area contributed by atoms with Gasteiger partial charge in [0.1, 0.15) is 0 Å². The quantitative estimate of drug-likeness (QED) is 0.426. The second kappa shape index (κ2) is 9.79. The molecule has 0 fully saturated rings. The number of benzene rings is 2. The van der Waals surface area contributed by atoms with E-state index < -0.39 is 0 Å². The number of anilines is 1. The Hall–Kier alpha value is -3.12. The lowest BCUT2D eigenvalue weighted by molar-refractivity contribution is 0.0976. The monoisotopic (exact) mass is 437 g/mol. The van der Waals surface area contributed by atoms with Gasteiger partial charge in [-0.15, -0.1) is 0 Å². The molecule has 0 radical (unpaired) electrons. The Morgan fingerprint density at radius 2 is 1.81 bits per heavy atom. The third-order valence-corrected chi connectivity index (χ3v) is 5.26. The summed E-state index contributed by atoms with van der Waals surface area (Å²) in [4.78, 5) is 17.6. The van der Waals surface area contributed by atoms with Gasteiger partial charge in [-0.05, 0) is 65.0 Å². The van der Waals surface area contributed by atoms with Gasteiger partial charge in [0.05, 0.1) is 12.2 Å². The largest absolute Gasteiger partial charge is 0.326 e. The number of amides is 1. The van der Waals surface area contributed by atoms with E-state index in [0.717, 1.165) is 40.3 Å². The highest BCUT2D eigenvalue weighted by molar-refractivity contribution is 6.31. The first-order valence-corrected chi connectivity index (χ1v) is 10.6. The molecular formula is C24H28ClN5O. The van der Waals surface area contributed by atoms with Crippen molar-refractivity contribution in [1.82, 2.24) is 15.1 Å². The Kier molecular flexibility index (Phi) is 7.13. The number of hydrogen-bond acceptors (Lipinski definition) is 3. The fourth-order valence-electron chi connectivity index (χ4n) is 3.53. The van der Waals surface area contributed by atoms with E-state index in [2.05, 4.69) is 27.6 Å². The smallest absolute Gasteiger partial charge is 0.257 e. The van der Waals surface area contributed by atoms with E-state index in [-0.39, 0.29) is 5.91 Å². The first-order chi connectivity index (χ1) is 14.8. The van der Waals surface area contributed by atoms with Gasteiger partial charge in [0, 0.05) is 34.1 Å². The molecule has 1 amide bonds. The molecule has 6 nitrogen and oxygen atoms in total. The summed E-state index contributed by atoms with van der Waals surface area (Å²) in [5.74, 6) is 0.132. The highest BCUT2D eigenvalue weighted by atomic mass is 35.5. The third-order valence-electron chi connectivity index (χ3n) is 5.03. The topological polar surface area (TPSA) is 71.3 Å². The zero-order valence-corrected chi connectivity index (χ0v) is 19.3. The van der Waals surface area contributed by atoms with Gasteiger partial charge < -0.3 is 5.32 Å². The van der Waals surface area contributed by atoms with Crippen LogP contribution in [0, 0.1) is 27.7 Å². The molecule has 0 spiro atoms. The maximum atomic E-state index is 12.9. The summed E-state index contributed by atoms with van der Waals surface area (Å²) in [5, 5.41) is 11.3. The molecule has 0 aliphatic heterocycles. The molecule has 0 saturated heterocycles. The molecule has 2 N–H and O–H groups in total. The van der Waals surface area contributed by atoms with E-state index >= 15 is 0 Å². The number of carbonyl (C=O) groups is 1. The van der Waals surface area contributed by atoms with E-state index in [4.69, 9.17) is 11.6 Å². The zero-order chi connectivity index (χ0) is 22.5. The van der Waals surface area contributed by atoms with Gasteiger partial charge in [-0.25, -0.2) is 4.99 Å². The molecule has 2 aromatic carbocycles. The molecule has 31 heavy (non-hydrogen) atoms. The van der Waals surface area contributed by atoms with Crippen LogP contribution in [0.1, 0.15) is 45.4 Å². The van der Waals surface area contributed by atoms with Crippen LogP contribution >= 0.6 is 11.6 Å². The molecule has 0 atom stereocenters. The van der Waals surface area contributed by atoms with Gasteiger partial charge in [-0.2, -0.15) is 5.10 Å². The maximum absolute atomic E-state index is 12.9. The van der Waals surface area contributed by atoms with Crippen molar-refractivity contribution in [2.45, 2.75) is 47.7 Å². The van der Waals surface area contributed by atoms with Gasteiger partial charge in [0.2, 0.25) is 5.96 Å². The molecule has 3 rings (SSSR count). The van der Waals surface area contributed by atoms with E-state index in [1.807, 2.05) is 62.7 Å². The van der Waals surface area contributed by atoms with E-state index in [9.17, 15) is 4.79 Å². The van der Waals surface area contributed by atoms with Gasteiger partial charge in [0.15, 0.2) is 0 Å². The first-order valence-electron chi connectivity index (χ1n) is 10.3. The summed E-state index contributed by atoms with van der Waals surface area (Å²) in [6.07, 6.45) is 0. The van der Waals surface area contributed by atoms with Crippen LogP contribution in [0.5, 0.6) is 0 Å². The van der Waals surface area contributed by atoms with E-state index in [1.165, 1.54) is 0 Å². The number of rotatable bonds is 5. The Balaban J connectivity index is 1.89. The average Bonchev–Trinajstić information content (AvgIpc) is 2.98. The molecule has 0 bridgehead atoms. The van der Waals surface area contributed by atoms with Crippen molar-refractivity contribution >= 4 is 29.2 Å². The van der Waals surface area contributed by atoms with E-state index in [1.54, 1.807) is 12.1 Å². The highest BCUT2D eigenvalue weighted by Gasteiger charge is 2.13. The lowest BCUT2D eigenvalue weighted by atomic mass is 10.1. The minimum Gasteiger partial charge on any atom is -0.326 e. The lowest BCUT2D eigenvalue weighted by Crippen LogP contribution is -2.36. The van der Waals surface area contributed by atoms with Crippen molar-refractivity contribution in [3.8, 4) is 0 Å². The molecule has 1 heterocycles. The van der Waals surface area contributed by atoms with E-state index in [0.29, 0.717) is 23.1 Å². The predicted molar refractivity (Wildman–Crippen MR) is 127 cm³/mol. The molecular weight excluding hydrogens is 410 g/mol. The molecule has 1 aromatic heterocycles. The predicted octanol–water partition coefficient (Wildman–Crippen LogP) is 5.19. The van der Waals surface area contributed by atoms with Crippen molar-refractivity contribution in [2.75, 3.05) is 5.32 Å². The number of aromatic nitrogens is 2. The van der Waals surface area contributed by atoms with Crippen LogP contribution in [0.15, 0.2) is 47.5 Å². The highest BCUT2D eigenvalue weighted by Crippen LogP contribution is 2.17. The van der Waals surface area contributed by atoms with Gasteiger partial charge in [0.25, 0.3) is 5.91 Å². The Bertz CT molecular complexity index is 1110. The molecule has 0 aliphatic carbocycles. The van der Waals surface area contributed by atoms with Crippen LogP contribution in [0.3, 0.4) is 0 Å². The Morgan fingerprint density at radius 1 is 1.10 bits per heavy atom. The van der Waals surface area contributed by atoms with Crippen LogP contribution < -0.4 is 10.6 Å². The fraction of sp³-hybridized carbons (Fsp3) is 0.292. The number of hydrogen-bond donors (Lipinski definition) is 2. The summed E-state index contributed by atoms with van der Waals surface area (Å²) in [6, 6.07) is 13.0. The number of aryl methyl sites for hydroxylation is 4. The van der Waals surface area contributed by atoms with Crippen molar-refractivity contribution in [2.24, 2.45) is 4.99 Å². The standard InChI is InChI=1S/C24H28ClN5O/c1-6-30-18(5)22(17(4)29-30)14-26-24(27-21-9-7-8-20(25)13-21)28-23(31)19-11-15(2)10-16(3)12-19/h7-13H,6,14H2,1-5H3,(H2,26,27,28,31). The SMILES string of the molecule is CCn1nc(C)c(CN=C(NC(=O)c2cc(C)cc(C)c2)Nc2cccc(Cl)c2)c1C. The average molecular weight is 438 g/mol. The van der Waals surface area contributed by atoms with Crippen molar-refractivity contribution in [3.05, 3.63) is 81.1 Å². The summed E-state index contributed by atoms with van der Waals surface area (Å²) < 4.78 is 1.96. The van der Waals surface area contributed by atoms with Crippen molar-refractivity contribution < 1.29 is 4.79 Å². The van der Waals surface area contributed by atoms with Crippen LogP contribution in [-0.4, -0.2) is 21.6 Å².